The molecule has 0 aromatic carbocycles. The van der Waals surface area contributed by atoms with Crippen LogP contribution in [0.4, 0.5) is 0 Å². The largest absolute Gasteiger partial charge is 0 e. The minimum atomic E-state index is -3.61. The van der Waals surface area contributed by atoms with Crippen LogP contribution in [0.5, 0.6) is 0 Å². The zero-order chi connectivity index (χ0) is 3.58. The van der Waals surface area contributed by atoms with Crippen molar-refractivity contribution in [2.75, 3.05) is 0 Å². The molecule has 0 heterocycles. The maximum atomic E-state index is 8.81. The molecule has 0 aromatic heterocycles. The second-order valence-electron chi connectivity index (χ2n) is 0.231. The van der Waals surface area contributed by atoms with Gasteiger partial charge in [0.25, 0.3) is 0 Å². The molecule has 1 radical (unpaired) electrons. The second-order valence-corrected chi connectivity index (χ2v) is 1.55. The van der Waals surface area contributed by atoms with Crippen molar-refractivity contribution in [3.8, 4) is 0 Å². The van der Waals surface area contributed by atoms with Crippen molar-refractivity contribution in [2.24, 2.45) is 0 Å². The van der Waals surface area contributed by atoms with Crippen molar-refractivity contribution in [1.82, 2.24) is 0 Å². The van der Waals surface area contributed by atoms with Crippen molar-refractivity contribution in [1.29, 1.82) is 0 Å². The number of rotatable bonds is 0. The van der Waals surface area contributed by atoms with Crippen LogP contribution in [0.15, 0.2) is 0 Å². The minimum Gasteiger partial charge on any atom is 0 e. The fraction of sp³-hybridized carbons (Fsp3) is 0. The van der Waals surface area contributed by atoms with E-state index in [0.29, 0.717) is 0 Å². The van der Waals surface area contributed by atoms with Gasteiger partial charge >= 0.3 is 30.4 Å². The monoisotopic (exact) mass is 219 g/mol. The first kappa shape index (κ1) is 10.2. The molecule has 0 aliphatic rings. The van der Waals surface area contributed by atoms with E-state index in [4.69, 9.17) is 10.0 Å². The molecule has 0 rings (SSSR count). The Morgan fingerprint density at radius 3 is 1.40 bits per heavy atom. The molecule has 0 spiro atoms. The zero-order valence-electron chi connectivity index (χ0n) is 2.71. The van der Waals surface area contributed by atoms with Gasteiger partial charge in [0.2, 0.25) is 0 Å². The van der Waals surface area contributed by atoms with Crippen LogP contribution in [0.2, 0.25) is 0 Å². The van der Waals surface area contributed by atoms with E-state index < -0.39 is 20.4 Å². The van der Waals surface area contributed by atoms with Crippen LogP contribution in [0.3, 0.4) is 0 Å². The van der Waals surface area contributed by atoms with E-state index in [1.807, 2.05) is 0 Å². The minimum absolute atomic E-state index is 0. The third kappa shape index (κ3) is 22.9. The molecule has 0 aliphatic carbocycles. The van der Waals surface area contributed by atoms with Gasteiger partial charge in [-0.3, -0.25) is 0 Å². The molecule has 0 aliphatic heterocycles. The van der Waals surface area contributed by atoms with Crippen LogP contribution in [0.25, 0.3) is 0 Å². The van der Waals surface area contributed by atoms with Gasteiger partial charge in [0.1, 0.15) is 0 Å². The summed E-state index contributed by atoms with van der Waals surface area (Å²) in [6, 6.07) is 0. The first-order valence-electron chi connectivity index (χ1n) is 0.532. The van der Waals surface area contributed by atoms with Gasteiger partial charge in [-0.25, -0.2) is 0 Å². The maximum Gasteiger partial charge on any atom is 0 e. The first-order chi connectivity index (χ1) is 1.73. The van der Waals surface area contributed by atoms with Crippen LogP contribution in [0.1, 0.15) is 0 Å². The van der Waals surface area contributed by atoms with E-state index in [2.05, 4.69) is 0 Å². The van der Waals surface area contributed by atoms with Crippen LogP contribution in [-0.4, -0.2) is 78.7 Å². The third-order valence-electron chi connectivity index (χ3n) is 0. The summed E-state index contributed by atoms with van der Waals surface area (Å²) in [6.07, 6.45) is 0. The van der Waals surface area contributed by atoms with Gasteiger partial charge in [0.05, 0.1) is 0 Å². The van der Waals surface area contributed by atoms with Crippen molar-refractivity contribution in [3.05, 3.63) is 0 Å². The number of hydrogen-bond donors (Lipinski definition) is 2. The van der Waals surface area contributed by atoms with Crippen LogP contribution >= 0.6 is 0 Å². The Bertz CT molecular complexity index is 29.9. The predicted molar refractivity (Wildman–Crippen MR) is 16.6 cm³/mol. The molecule has 0 atom stereocenters. The van der Waals surface area contributed by atoms with Crippen molar-refractivity contribution in [3.63, 3.8) is 0 Å². The SMILES string of the molecule is O=[Te](O)O.[K]. The van der Waals surface area contributed by atoms with Crippen molar-refractivity contribution in [2.45, 2.75) is 0 Å². The van der Waals surface area contributed by atoms with Gasteiger partial charge in [-0.15, -0.1) is 0 Å². The summed E-state index contributed by atoms with van der Waals surface area (Å²) in [5.41, 5.74) is 0. The van der Waals surface area contributed by atoms with E-state index in [1.165, 1.54) is 0 Å². The molecule has 0 saturated heterocycles. The third-order valence-corrected chi connectivity index (χ3v) is 0. The van der Waals surface area contributed by atoms with Crippen LogP contribution < -0.4 is 0 Å². The quantitative estimate of drug-likeness (QED) is 0.461. The second kappa shape index (κ2) is 6.15. The predicted octanol–water partition coefficient (Wildman–Crippen LogP) is -1.99. The van der Waals surface area contributed by atoms with E-state index in [9.17, 15) is 0 Å². The van der Waals surface area contributed by atoms with Gasteiger partial charge in [0.15, 0.2) is 0 Å². The molecule has 0 fully saturated rings. The van der Waals surface area contributed by atoms with E-state index in [0.717, 1.165) is 0 Å². The molecule has 5 heavy (non-hydrogen) atoms. The molecule has 0 unspecified atom stereocenters. The van der Waals surface area contributed by atoms with Crippen LogP contribution in [-0.2, 0) is 3.10 Å². The Hall–Kier alpha value is 2.15. The fourth-order valence-electron chi connectivity index (χ4n) is 0. The van der Waals surface area contributed by atoms with E-state index in [1.54, 1.807) is 0 Å². The molecule has 0 aromatic rings. The summed E-state index contributed by atoms with van der Waals surface area (Å²) in [7, 11) is 0. The summed E-state index contributed by atoms with van der Waals surface area (Å²) >= 11 is -3.61. The van der Waals surface area contributed by atoms with Gasteiger partial charge < -0.3 is 0 Å². The average molecular weight is 217 g/mol. The summed E-state index contributed by atoms with van der Waals surface area (Å²) in [5, 5.41) is 0. The maximum absolute atomic E-state index is 8.81. The summed E-state index contributed by atoms with van der Waals surface area (Å²) < 4.78 is 23.3. The average Bonchev–Trinajstić information content (AvgIpc) is 0.811. The van der Waals surface area contributed by atoms with Crippen molar-refractivity contribution >= 4 is 71.7 Å². The molecule has 0 amide bonds. The topological polar surface area (TPSA) is 57.5 Å². The fourth-order valence-corrected chi connectivity index (χ4v) is 0. The normalized spacial score (nSPS) is 7.00. The van der Waals surface area contributed by atoms with Gasteiger partial charge in [-0.2, -0.15) is 0 Å². The molecule has 5 heteroatoms. The van der Waals surface area contributed by atoms with E-state index in [-0.39, 0.29) is 51.4 Å². The molecule has 27 valence electrons. The Balaban J connectivity index is 0. The first-order valence-corrected chi connectivity index (χ1v) is 3.57. The molecular weight excluding hydrogens is 215 g/mol. The molecule has 0 bridgehead atoms. The Morgan fingerprint density at radius 1 is 1.40 bits per heavy atom. The molecule has 2 N–H and O–H groups in total. The Morgan fingerprint density at radius 2 is 1.40 bits per heavy atom. The molecular formula is H2KO3Te. The summed E-state index contributed by atoms with van der Waals surface area (Å²) in [5.74, 6) is 0. The number of hydrogen-bond acceptors (Lipinski definition) is 1. The Kier molecular flexibility index (Phi) is 12.5. The zero-order valence-corrected chi connectivity index (χ0v) is 8.16. The smallest absolute Gasteiger partial charge is 0 e. The molecule has 0 saturated carbocycles. The van der Waals surface area contributed by atoms with Gasteiger partial charge in [0, 0.05) is 51.4 Å². The summed E-state index contributed by atoms with van der Waals surface area (Å²) in [4.78, 5) is 0. The standard InChI is InChI=1S/K.H2O3Te/c;1-4(2)3/h;(H2,1,2,3). The van der Waals surface area contributed by atoms with Gasteiger partial charge in [-0.05, 0) is 0 Å². The Labute approximate surface area is 79.9 Å². The van der Waals surface area contributed by atoms with Crippen molar-refractivity contribution < 1.29 is 10.0 Å². The van der Waals surface area contributed by atoms with E-state index >= 15 is 0 Å². The molecule has 3 nitrogen and oxygen atoms in total. The van der Waals surface area contributed by atoms with Gasteiger partial charge in [-0.1, -0.05) is 0 Å². The van der Waals surface area contributed by atoms with Crippen LogP contribution in [0, 0.1) is 0 Å². The summed E-state index contributed by atoms with van der Waals surface area (Å²) in [6.45, 7) is 0.